The van der Waals surface area contributed by atoms with Gasteiger partial charge in [0.15, 0.2) is 0 Å². The largest absolute Gasteiger partial charge is 0.351 e. The van der Waals surface area contributed by atoms with Crippen molar-refractivity contribution >= 4 is 28.5 Å². The van der Waals surface area contributed by atoms with E-state index in [0.29, 0.717) is 12.6 Å². The lowest BCUT2D eigenvalue weighted by Gasteiger charge is -2.20. The first-order valence-electron chi connectivity index (χ1n) is 5.74. The van der Waals surface area contributed by atoms with Crippen molar-refractivity contribution < 1.29 is 4.79 Å². The smallest absolute Gasteiger partial charge is 0.251 e. The molecule has 0 heterocycles. The van der Waals surface area contributed by atoms with Crippen LogP contribution in [-0.2, 0) is 0 Å². The summed E-state index contributed by atoms with van der Waals surface area (Å²) < 4.78 is 1.14. The van der Waals surface area contributed by atoms with Crippen LogP contribution in [0, 0.1) is 3.57 Å². The highest BCUT2D eigenvalue weighted by atomic mass is 127. The Balaban J connectivity index is 2.37. The average Bonchev–Trinajstić information content (AvgIpc) is 2.29. The zero-order valence-corrected chi connectivity index (χ0v) is 12.7. The average molecular weight is 346 g/mol. The lowest BCUT2D eigenvalue weighted by molar-refractivity contribution is 0.0948. The van der Waals surface area contributed by atoms with Crippen molar-refractivity contribution in [2.45, 2.75) is 19.9 Å². The van der Waals surface area contributed by atoms with Crippen LogP contribution in [0.4, 0.5) is 0 Å². The summed E-state index contributed by atoms with van der Waals surface area (Å²) in [6.45, 7) is 5.83. The molecule has 0 unspecified atom stereocenters. The lowest BCUT2D eigenvalue weighted by atomic mass is 10.2. The maximum atomic E-state index is 11.8. The molecule has 1 amide bonds. The summed E-state index contributed by atoms with van der Waals surface area (Å²) in [5, 5.41) is 2.92. The monoisotopic (exact) mass is 346 g/mol. The summed E-state index contributed by atoms with van der Waals surface area (Å²) in [7, 11) is 2.06. The lowest BCUT2D eigenvalue weighted by Crippen LogP contribution is -2.36. The first-order valence-corrected chi connectivity index (χ1v) is 6.82. The van der Waals surface area contributed by atoms with Gasteiger partial charge >= 0.3 is 0 Å². The molecule has 1 rings (SSSR count). The quantitative estimate of drug-likeness (QED) is 0.831. The molecule has 17 heavy (non-hydrogen) atoms. The molecule has 0 aromatic heterocycles. The molecule has 1 aromatic rings. The predicted octanol–water partition coefficient (Wildman–Crippen LogP) is 2.36. The van der Waals surface area contributed by atoms with Gasteiger partial charge in [-0.1, -0.05) is 0 Å². The van der Waals surface area contributed by atoms with Gasteiger partial charge in [0.25, 0.3) is 5.91 Å². The second kappa shape index (κ2) is 6.96. The highest BCUT2D eigenvalue weighted by Crippen LogP contribution is 2.06. The van der Waals surface area contributed by atoms with E-state index in [-0.39, 0.29) is 5.91 Å². The number of carbonyl (C=O) groups is 1. The van der Waals surface area contributed by atoms with E-state index in [1.807, 2.05) is 24.3 Å². The number of hydrogen-bond acceptors (Lipinski definition) is 2. The highest BCUT2D eigenvalue weighted by Gasteiger charge is 2.06. The molecule has 3 nitrogen and oxygen atoms in total. The molecule has 0 aliphatic rings. The molecule has 0 spiro atoms. The summed E-state index contributed by atoms with van der Waals surface area (Å²) in [5.74, 6) is -0.00134. The third-order valence-electron chi connectivity index (χ3n) is 2.74. The molecule has 0 saturated heterocycles. The van der Waals surface area contributed by atoms with Gasteiger partial charge in [-0.2, -0.15) is 0 Å². The zero-order chi connectivity index (χ0) is 12.8. The van der Waals surface area contributed by atoms with Crippen LogP contribution in [-0.4, -0.2) is 37.0 Å². The fourth-order valence-corrected chi connectivity index (χ4v) is 1.67. The Bertz CT molecular complexity index is 362. The number of hydrogen-bond donors (Lipinski definition) is 1. The standard InChI is InChI=1S/C13H19IN2O/c1-10(2)16(3)9-8-15-13(17)11-4-6-12(14)7-5-11/h4-7,10H,8-9H2,1-3H3,(H,15,17). The van der Waals surface area contributed by atoms with Crippen molar-refractivity contribution in [3.8, 4) is 0 Å². The molecule has 0 radical (unpaired) electrons. The summed E-state index contributed by atoms with van der Waals surface area (Å²) in [5.41, 5.74) is 0.720. The molecular formula is C13H19IN2O. The maximum Gasteiger partial charge on any atom is 0.251 e. The van der Waals surface area contributed by atoms with Crippen molar-refractivity contribution in [1.82, 2.24) is 10.2 Å². The summed E-state index contributed by atoms with van der Waals surface area (Å²) >= 11 is 2.23. The van der Waals surface area contributed by atoms with E-state index in [1.54, 1.807) is 0 Å². The molecule has 1 aromatic carbocycles. The van der Waals surface area contributed by atoms with E-state index in [0.717, 1.165) is 15.7 Å². The first kappa shape index (κ1) is 14.4. The van der Waals surface area contributed by atoms with E-state index < -0.39 is 0 Å². The Kier molecular flexibility index (Phi) is 5.91. The second-order valence-corrected chi connectivity index (χ2v) is 5.58. The van der Waals surface area contributed by atoms with Gasteiger partial charge in [0, 0.05) is 28.3 Å². The van der Waals surface area contributed by atoms with Crippen molar-refractivity contribution in [1.29, 1.82) is 0 Å². The Morgan fingerprint density at radius 3 is 2.47 bits per heavy atom. The topological polar surface area (TPSA) is 32.3 Å². The minimum Gasteiger partial charge on any atom is -0.351 e. The van der Waals surface area contributed by atoms with Gasteiger partial charge in [-0.25, -0.2) is 0 Å². The summed E-state index contributed by atoms with van der Waals surface area (Å²) in [6, 6.07) is 8.09. The zero-order valence-electron chi connectivity index (χ0n) is 10.5. The van der Waals surface area contributed by atoms with Gasteiger partial charge in [-0.3, -0.25) is 4.79 Å². The van der Waals surface area contributed by atoms with Crippen LogP contribution in [0.3, 0.4) is 0 Å². The van der Waals surface area contributed by atoms with Crippen LogP contribution >= 0.6 is 22.6 Å². The number of nitrogens with one attached hydrogen (secondary N) is 1. The maximum absolute atomic E-state index is 11.8. The van der Waals surface area contributed by atoms with Crippen LogP contribution in [0.25, 0.3) is 0 Å². The normalized spacial score (nSPS) is 10.9. The molecule has 4 heteroatoms. The molecule has 0 aliphatic carbocycles. The van der Waals surface area contributed by atoms with Crippen LogP contribution in [0.5, 0.6) is 0 Å². The van der Waals surface area contributed by atoms with E-state index in [1.165, 1.54) is 0 Å². The molecule has 94 valence electrons. The SMILES string of the molecule is CC(C)N(C)CCNC(=O)c1ccc(I)cc1. The molecule has 0 saturated carbocycles. The number of likely N-dealkylation sites (N-methyl/N-ethyl adjacent to an activating group) is 1. The van der Waals surface area contributed by atoms with Crippen LogP contribution in [0.15, 0.2) is 24.3 Å². The Hall–Kier alpha value is -0.620. The molecule has 0 fully saturated rings. The van der Waals surface area contributed by atoms with Crippen molar-refractivity contribution in [3.05, 3.63) is 33.4 Å². The number of rotatable bonds is 5. The number of amides is 1. The number of halogens is 1. The molecule has 0 bridgehead atoms. The minimum atomic E-state index is -0.00134. The van der Waals surface area contributed by atoms with Gasteiger partial charge in [-0.05, 0) is 67.8 Å². The predicted molar refractivity (Wildman–Crippen MR) is 79.3 cm³/mol. The fourth-order valence-electron chi connectivity index (χ4n) is 1.31. The molecular weight excluding hydrogens is 327 g/mol. The Morgan fingerprint density at radius 2 is 1.94 bits per heavy atom. The van der Waals surface area contributed by atoms with Crippen molar-refractivity contribution in [3.63, 3.8) is 0 Å². The molecule has 0 aliphatic heterocycles. The summed E-state index contributed by atoms with van der Waals surface area (Å²) in [6.07, 6.45) is 0. The van der Waals surface area contributed by atoms with E-state index >= 15 is 0 Å². The van der Waals surface area contributed by atoms with Crippen LogP contribution in [0.2, 0.25) is 0 Å². The number of carbonyl (C=O) groups excluding carboxylic acids is 1. The fraction of sp³-hybridized carbons (Fsp3) is 0.462. The van der Waals surface area contributed by atoms with E-state index in [2.05, 4.69) is 53.7 Å². The van der Waals surface area contributed by atoms with Gasteiger partial charge in [0.1, 0.15) is 0 Å². The van der Waals surface area contributed by atoms with Gasteiger partial charge in [0.05, 0.1) is 0 Å². The summed E-state index contributed by atoms with van der Waals surface area (Å²) in [4.78, 5) is 14.0. The third-order valence-corrected chi connectivity index (χ3v) is 3.46. The van der Waals surface area contributed by atoms with Crippen LogP contribution in [0.1, 0.15) is 24.2 Å². The number of nitrogens with zero attached hydrogens (tertiary/aromatic N) is 1. The first-order chi connectivity index (χ1) is 8.00. The van der Waals surface area contributed by atoms with Gasteiger partial charge in [0.2, 0.25) is 0 Å². The number of benzene rings is 1. The van der Waals surface area contributed by atoms with Crippen LogP contribution < -0.4 is 5.32 Å². The second-order valence-electron chi connectivity index (χ2n) is 4.34. The molecule has 1 N–H and O–H groups in total. The van der Waals surface area contributed by atoms with Gasteiger partial charge in [-0.15, -0.1) is 0 Å². The minimum absolute atomic E-state index is 0.00134. The highest BCUT2D eigenvalue weighted by molar-refractivity contribution is 14.1. The van der Waals surface area contributed by atoms with Crippen molar-refractivity contribution in [2.24, 2.45) is 0 Å². The van der Waals surface area contributed by atoms with Gasteiger partial charge < -0.3 is 10.2 Å². The third kappa shape index (κ3) is 5.04. The Morgan fingerprint density at radius 1 is 1.35 bits per heavy atom. The Labute approximate surface area is 117 Å². The van der Waals surface area contributed by atoms with E-state index in [9.17, 15) is 4.79 Å². The van der Waals surface area contributed by atoms with E-state index in [4.69, 9.17) is 0 Å². The molecule has 0 atom stereocenters. The van der Waals surface area contributed by atoms with Crippen molar-refractivity contribution in [2.75, 3.05) is 20.1 Å².